The van der Waals surface area contributed by atoms with Crippen molar-refractivity contribution < 1.29 is 9.59 Å². The van der Waals surface area contributed by atoms with Gasteiger partial charge in [-0.1, -0.05) is 45.0 Å². The highest BCUT2D eigenvalue weighted by Gasteiger charge is 2.18. The lowest BCUT2D eigenvalue weighted by molar-refractivity contribution is -0.117. The third kappa shape index (κ3) is 5.23. The zero-order valence-electron chi connectivity index (χ0n) is 14.6. The monoisotopic (exact) mass is 324 g/mol. The van der Waals surface area contributed by atoms with E-state index in [2.05, 4.69) is 10.6 Å². The normalized spacial score (nSPS) is 11.0. The van der Waals surface area contributed by atoms with Gasteiger partial charge in [0, 0.05) is 12.1 Å². The molecule has 0 aromatic heterocycles. The summed E-state index contributed by atoms with van der Waals surface area (Å²) < 4.78 is 0. The molecule has 2 amide bonds. The number of benzene rings is 2. The number of carbonyl (C=O) groups is 2. The molecule has 0 atom stereocenters. The summed E-state index contributed by atoms with van der Waals surface area (Å²) >= 11 is 0. The number of hydrogen-bond donors (Lipinski definition) is 2. The van der Waals surface area contributed by atoms with Gasteiger partial charge in [-0.15, -0.1) is 0 Å². The van der Waals surface area contributed by atoms with Crippen LogP contribution in [-0.2, 0) is 4.79 Å². The van der Waals surface area contributed by atoms with Crippen molar-refractivity contribution in [2.75, 3.05) is 10.6 Å². The Kier molecular flexibility index (Phi) is 5.39. The first-order valence-corrected chi connectivity index (χ1v) is 8.01. The molecule has 2 aromatic rings. The van der Waals surface area contributed by atoms with Crippen LogP contribution in [0.4, 0.5) is 11.4 Å². The second-order valence-corrected chi connectivity index (χ2v) is 7.15. The van der Waals surface area contributed by atoms with Gasteiger partial charge in [-0.2, -0.15) is 0 Å². The number of rotatable bonds is 4. The Labute approximate surface area is 143 Å². The number of carbonyl (C=O) groups excluding carboxylic acids is 2. The van der Waals surface area contributed by atoms with E-state index in [1.165, 1.54) is 0 Å². The highest BCUT2D eigenvalue weighted by atomic mass is 16.2. The van der Waals surface area contributed by atoms with Gasteiger partial charge in [-0.05, 0) is 42.2 Å². The summed E-state index contributed by atoms with van der Waals surface area (Å²) in [6.45, 7) is 7.98. The molecular formula is C20H24N2O2. The van der Waals surface area contributed by atoms with Crippen LogP contribution in [0.2, 0.25) is 0 Å². The van der Waals surface area contributed by atoms with Crippen LogP contribution in [-0.4, -0.2) is 11.8 Å². The van der Waals surface area contributed by atoms with E-state index in [9.17, 15) is 9.59 Å². The molecule has 2 N–H and O–H groups in total. The van der Waals surface area contributed by atoms with Gasteiger partial charge in [0.25, 0.3) is 5.91 Å². The third-order valence-corrected chi connectivity index (χ3v) is 3.41. The van der Waals surface area contributed by atoms with Gasteiger partial charge in [-0.3, -0.25) is 9.59 Å². The van der Waals surface area contributed by atoms with Crippen molar-refractivity contribution >= 4 is 23.2 Å². The number of amides is 2. The first-order valence-electron chi connectivity index (χ1n) is 8.01. The van der Waals surface area contributed by atoms with Gasteiger partial charge < -0.3 is 10.6 Å². The molecule has 2 rings (SSSR count). The van der Waals surface area contributed by atoms with E-state index in [0.717, 1.165) is 11.3 Å². The Morgan fingerprint density at radius 1 is 0.958 bits per heavy atom. The minimum atomic E-state index is -0.243. The van der Waals surface area contributed by atoms with E-state index in [0.29, 0.717) is 17.7 Å². The van der Waals surface area contributed by atoms with Gasteiger partial charge in [0.15, 0.2) is 0 Å². The maximum absolute atomic E-state index is 12.6. The quantitative estimate of drug-likeness (QED) is 0.862. The summed E-state index contributed by atoms with van der Waals surface area (Å²) in [4.78, 5) is 24.7. The van der Waals surface area contributed by atoms with Crippen molar-refractivity contribution in [1.82, 2.24) is 0 Å². The number of para-hydroxylation sites is 1. The molecule has 0 aliphatic carbocycles. The Morgan fingerprint density at radius 2 is 1.67 bits per heavy atom. The standard InChI is InChI=1S/C20H24N2O2/c1-14-8-7-9-15(12-14)21-19(24)16-10-5-6-11-17(16)22-18(23)13-20(2,3)4/h5-12H,13H2,1-4H3,(H,21,24)(H,22,23). The number of hydrogen-bond acceptors (Lipinski definition) is 2. The summed E-state index contributed by atoms with van der Waals surface area (Å²) in [5, 5.41) is 5.72. The summed E-state index contributed by atoms with van der Waals surface area (Å²) in [5.74, 6) is -0.342. The summed E-state index contributed by atoms with van der Waals surface area (Å²) in [6, 6.07) is 14.6. The van der Waals surface area contributed by atoms with Gasteiger partial charge in [0.05, 0.1) is 11.3 Å². The van der Waals surface area contributed by atoms with E-state index in [1.54, 1.807) is 24.3 Å². The highest BCUT2D eigenvalue weighted by Crippen LogP contribution is 2.22. The van der Waals surface area contributed by atoms with Crippen molar-refractivity contribution in [3.63, 3.8) is 0 Å². The topological polar surface area (TPSA) is 58.2 Å². The van der Waals surface area contributed by atoms with E-state index in [4.69, 9.17) is 0 Å². The molecule has 0 heterocycles. The second-order valence-electron chi connectivity index (χ2n) is 7.15. The highest BCUT2D eigenvalue weighted by molar-refractivity contribution is 6.10. The number of anilines is 2. The molecule has 0 saturated heterocycles. The molecule has 0 spiro atoms. The molecule has 0 aliphatic heterocycles. The fraction of sp³-hybridized carbons (Fsp3) is 0.300. The fourth-order valence-electron chi connectivity index (χ4n) is 2.39. The van der Waals surface area contributed by atoms with E-state index in [-0.39, 0.29) is 17.2 Å². The Bertz CT molecular complexity index is 745. The minimum Gasteiger partial charge on any atom is -0.325 e. The van der Waals surface area contributed by atoms with E-state index < -0.39 is 0 Å². The molecule has 0 fully saturated rings. The lowest BCUT2D eigenvalue weighted by Crippen LogP contribution is -2.22. The van der Waals surface area contributed by atoms with Crippen LogP contribution in [0.3, 0.4) is 0 Å². The van der Waals surface area contributed by atoms with Crippen LogP contribution >= 0.6 is 0 Å². The fourth-order valence-corrected chi connectivity index (χ4v) is 2.39. The summed E-state index contributed by atoms with van der Waals surface area (Å²) in [7, 11) is 0. The third-order valence-electron chi connectivity index (χ3n) is 3.41. The Morgan fingerprint density at radius 3 is 2.33 bits per heavy atom. The van der Waals surface area contributed by atoms with E-state index >= 15 is 0 Å². The van der Waals surface area contributed by atoms with Gasteiger partial charge in [-0.25, -0.2) is 0 Å². The minimum absolute atomic E-state index is 0.0988. The molecule has 2 aromatic carbocycles. The van der Waals surface area contributed by atoms with Crippen LogP contribution in [0.5, 0.6) is 0 Å². The average Bonchev–Trinajstić information content (AvgIpc) is 2.45. The second kappa shape index (κ2) is 7.30. The van der Waals surface area contributed by atoms with Crippen molar-refractivity contribution in [2.45, 2.75) is 34.1 Å². The van der Waals surface area contributed by atoms with Crippen molar-refractivity contribution in [2.24, 2.45) is 5.41 Å². The largest absolute Gasteiger partial charge is 0.325 e. The molecule has 0 saturated carbocycles. The zero-order chi connectivity index (χ0) is 17.7. The maximum atomic E-state index is 12.6. The molecular weight excluding hydrogens is 300 g/mol. The molecule has 4 nitrogen and oxygen atoms in total. The Balaban J connectivity index is 2.16. The average molecular weight is 324 g/mol. The van der Waals surface area contributed by atoms with Gasteiger partial charge in [0.1, 0.15) is 0 Å². The van der Waals surface area contributed by atoms with Crippen molar-refractivity contribution in [3.8, 4) is 0 Å². The lowest BCUT2D eigenvalue weighted by Gasteiger charge is -2.18. The summed E-state index contributed by atoms with van der Waals surface area (Å²) in [5.41, 5.74) is 2.66. The van der Waals surface area contributed by atoms with Crippen molar-refractivity contribution in [1.29, 1.82) is 0 Å². The molecule has 0 unspecified atom stereocenters. The zero-order valence-corrected chi connectivity index (χ0v) is 14.6. The molecule has 126 valence electrons. The number of aryl methyl sites for hydroxylation is 1. The van der Waals surface area contributed by atoms with Crippen LogP contribution in [0, 0.1) is 12.3 Å². The van der Waals surface area contributed by atoms with Crippen LogP contribution in [0.25, 0.3) is 0 Å². The molecule has 4 heteroatoms. The SMILES string of the molecule is Cc1cccc(NC(=O)c2ccccc2NC(=O)CC(C)(C)C)c1. The number of nitrogens with one attached hydrogen (secondary N) is 2. The Hall–Kier alpha value is -2.62. The first kappa shape index (κ1) is 17.7. The maximum Gasteiger partial charge on any atom is 0.257 e. The molecule has 24 heavy (non-hydrogen) atoms. The van der Waals surface area contributed by atoms with Crippen LogP contribution in [0.15, 0.2) is 48.5 Å². The lowest BCUT2D eigenvalue weighted by atomic mass is 9.92. The molecule has 0 radical (unpaired) electrons. The molecule has 0 bridgehead atoms. The predicted octanol–water partition coefficient (Wildman–Crippen LogP) is 4.62. The van der Waals surface area contributed by atoms with Gasteiger partial charge in [0.2, 0.25) is 5.91 Å². The van der Waals surface area contributed by atoms with E-state index in [1.807, 2.05) is 52.0 Å². The first-order chi connectivity index (χ1) is 11.2. The molecule has 0 aliphatic rings. The summed E-state index contributed by atoms with van der Waals surface area (Å²) in [6.07, 6.45) is 0.390. The van der Waals surface area contributed by atoms with Crippen molar-refractivity contribution in [3.05, 3.63) is 59.7 Å². The predicted molar refractivity (Wildman–Crippen MR) is 98.3 cm³/mol. The van der Waals surface area contributed by atoms with Gasteiger partial charge >= 0.3 is 0 Å². The van der Waals surface area contributed by atoms with Crippen LogP contribution < -0.4 is 10.6 Å². The smallest absolute Gasteiger partial charge is 0.257 e. The van der Waals surface area contributed by atoms with Crippen LogP contribution in [0.1, 0.15) is 43.1 Å².